The van der Waals surface area contributed by atoms with E-state index in [1.807, 2.05) is 13.8 Å². The number of hydrogen-bond acceptors (Lipinski definition) is 6. The second-order valence-corrected chi connectivity index (χ2v) is 4.66. The highest BCUT2D eigenvalue weighted by Crippen LogP contribution is 2.20. The Bertz CT molecular complexity index is 475. The topological polar surface area (TPSA) is 76.6 Å². The van der Waals surface area contributed by atoms with Crippen molar-refractivity contribution in [2.24, 2.45) is 0 Å². The van der Waals surface area contributed by atoms with E-state index >= 15 is 0 Å². The minimum Gasteiger partial charge on any atom is -0.481 e. The van der Waals surface area contributed by atoms with E-state index in [2.05, 4.69) is 15.3 Å². The second-order valence-electron chi connectivity index (χ2n) is 4.66. The average Bonchev–Trinajstić information content (AvgIpc) is 2.49. The number of morpholine rings is 1. The molecule has 1 unspecified atom stereocenters. The first-order chi connectivity index (χ1) is 9.63. The summed E-state index contributed by atoms with van der Waals surface area (Å²) < 4.78 is 10.4. The lowest BCUT2D eigenvalue weighted by Crippen LogP contribution is -2.47. The minimum absolute atomic E-state index is 0.0466. The number of amides is 1. The lowest BCUT2D eigenvalue weighted by molar-refractivity contribution is -0.135. The molecular weight excluding hydrogens is 260 g/mol. The predicted octanol–water partition coefficient (Wildman–Crippen LogP) is 0.453. The summed E-state index contributed by atoms with van der Waals surface area (Å²) in [7, 11) is 1.56. The molecule has 1 aliphatic rings. The van der Waals surface area contributed by atoms with Crippen molar-refractivity contribution in [3.63, 3.8) is 0 Å². The van der Waals surface area contributed by atoms with Crippen LogP contribution in [0.5, 0.6) is 5.88 Å². The van der Waals surface area contributed by atoms with Crippen LogP contribution in [0.25, 0.3) is 0 Å². The van der Waals surface area contributed by atoms with Gasteiger partial charge in [0.2, 0.25) is 11.8 Å². The smallest absolute Gasteiger partial charge is 0.244 e. The first-order valence-electron chi connectivity index (χ1n) is 6.62. The van der Waals surface area contributed by atoms with Crippen LogP contribution in [-0.4, -0.2) is 60.2 Å². The van der Waals surface area contributed by atoms with Crippen LogP contribution in [0, 0.1) is 6.92 Å². The van der Waals surface area contributed by atoms with Gasteiger partial charge in [-0.2, -0.15) is 0 Å². The monoisotopic (exact) mass is 280 g/mol. The summed E-state index contributed by atoms with van der Waals surface area (Å²) >= 11 is 0. The van der Waals surface area contributed by atoms with Crippen molar-refractivity contribution in [2.45, 2.75) is 19.9 Å². The SMILES string of the molecule is COc1ncnc(NC(C)C(=O)N2CCOCC2)c1C. The number of anilines is 1. The van der Waals surface area contributed by atoms with Crippen molar-refractivity contribution in [1.82, 2.24) is 14.9 Å². The highest BCUT2D eigenvalue weighted by atomic mass is 16.5. The summed E-state index contributed by atoms with van der Waals surface area (Å²) in [6.45, 7) is 6.14. The Morgan fingerprint density at radius 1 is 1.45 bits per heavy atom. The van der Waals surface area contributed by atoms with Crippen LogP contribution in [0.4, 0.5) is 5.82 Å². The molecule has 2 rings (SSSR count). The summed E-state index contributed by atoms with van der Waals surface area (Å²) in [5, 5.41) is 3.12. The lowest BCUT2D eigenvalue weighted by atomic mass is 10.2. The van der Waals surface area contributed by atoms with Crippen LogP contribution in [0.15, 0.2) is 6.33 Å². The molecule has 0 aromatic carbocycles. The summed E-state index contributed by atoms with van der Waals surface area (Å²) in [6.07, 6.45) is 1.42. The van der Waals surface area contributed by atoms with Crippen molar-refractivity contribution in [3.8, 4) is 5.88 Å². The maximum absolute atomic E-state index is 12.3. The molecule has 110 valence electrons. The highest BCUT2D eigenvalue weighted by molar-refractivity contribution is 5.84. The van der Waals surface area contributed by atoms with Crippen LogP contribution in [0.1, 0.15) is 12.5 Å². The molecule has 0 radical (unpaired) electrons. The van der Waals surface area contributed by atoms with Gasteiger partial charge in [-0.1, -0.05) is 0 Å². The van der Waals surface area contributed by atoms with Crippen LogP contribution >= 0.6 is 0 Å². The van der Waals surface area contributed by atoms with Crippen molar-refractivity contribution in [2.75, 3.05) is 38.7 Å². The summed E-state index contributed by atoms with van der Waals surface area (Å²) in [4.78, 5) is 22.3. The number of carbonyl (C=O) groups is 1. The molecule has 1 atom stereocenters. The Morgan fingerprint density at radius 2 is 2.15 bits per heavy atom. The molecule has 1 aromatic rings. The van der Waals surface area contributed by atoms with E-state index in [1.165, 1.54) is 6.33 Å². The zero-order chi connectivity index (χ0) is 14.5. The average molecular weight is 280 g/mol. The quantitative estimate of drug-likeness (QED) is 0.863. The molecule has 1 fully saturated rings. The maximum Gasteiger partial charge on any atom is 0.244 e. The Labute approximate surface area is 118 Å². The van der Waals surface area contributed by atoms with E-state index in [4.69, 9.17) is 9.47 Å². The number of hydrogen-bond donors (Lipinski definition) is 1. The fourth-order valence-corrected chi connectivity index (χ4v) is 2.11. The van der Waals surface area contributed by atoms with Crippen molar-refractivity contribution in [3.05, 3.63) is 11.9 Å². The van der Waals surface area contributed by atoms with Gasteiger partial charge in [0.15, 0.2) is 0 Å². The van der Waals surface area contributed by atoms with Crippen molar-refractivity contribution >= 4 is 11.7 Å². The van der Waals surface area contributed by atoms with Gasteiger partial charge in [-0.15, -0.1) is 0 Å². The number of aromatic nitrogens is 2. The van der Waals surface area contributed by atoms with Crippen molar-refractivity contribution < 1.29 is 14.3 Å². The number of nitrogens with one attached hydrogen (secondary N) is 1. The van der Waals surface area contributed by atoms with E-state index in [0.29, 0.717) is 38.0 Å². The van der Waals surface area contributed by atoms with E-state index in [-0.39, 0.29) is 11.9 Å². The summed E-state index contributed by atoms with van der Waals surface area (Å²) in [6, 6.07) is -0.355. The third kappa shape index (κ3) is 3.16. The fourth-order valence-electron chi connectivity index (χ4n) is 2.11. The first-order valence-corrected chi connectivity index (χ1v) is 6.62. The van der Waals surface area contributed by atoms with E-state index in [1.54, 1.807) is 12.0 Å². The molecule has 2 heterocycles. The predicted molar refractivity (Wildman–Crippen MR) is 73.8 cm³/mol. The third-order valence-corrected chi connectivity index (χ3v) is 3.28. The number of carbonyl (C=O) groups excluding carboxylic acids is 1. The zero-order valence-corrected chi connectivity index (χ0v) is 12.0. The maximum atomic E-state index is 12.3. The van der Waals surface area contributed by atoms with Gasteiger partial charge in [0.25, 0.3) is 0 Å². The molecule has 0 spiro atoms. The number of ether oxygens (including phenoxy) is 2. The Hall–Kier alpha value is -1.89. The van der Waals surface area contributed by atoms with E-state index in [0.717, 1.165) is 5.56 Å². The molecule has 1 N–H and O–H groups in total. The second kappa shape index (κ2) is 6.51. The van der Waals surface area contributed by atoms with Gasteiger partial charge < -0.3 is 19.7 Å². The van der Waals surface area contributed by atoms with Crippen LogP contribution < -0.4 is 10.1 Å². The zero-order valence-electron chi connectivity index (χ0n) is 12.0. The van der Waals surface area contributed by atoms with Gasteiger partial charge in [0.1, 0.15) is 18.2 Å². The third-order valence-electron chi connectivity index (χ3n) is 3.28. The van der Waals surface area contributed by atoms with Gasteiger partial charge in [0, 0.05) is 13.1 Å². The van der Waals surface area contributed by atoms with Crippen LogP contribution in [-0.2, 0) is 9.53 Å². The molecule has 1 aromatic heterocycles. The molecule has 7 nitrogen and oxygen atoms in total. The Kier molecular flexibility index (Phi) is 4.73. The normalized spacial score (nSPS) is 16.6. The standard InChI is InChI=1S/C13H20N4O3/c1-9-11(14-8-15-12(9)19-3)16-10(2)13(18)17-4-6-20-7-5-17/h8,10H,4-7H2,1-3H3,(H,14,15,16). The van der Waals surface area contributed by atoms with Crippen LogP contribution in [0.3, 0.4) is 0 Å². The molecular formula is C13H20N4O3. The molecule has 0 bridgehead atoms. The van der Waals surface area contributed by atoms with Gasteiger partial charge in [-0.25, -0.2) is 9.97 Å². The number of methoxy groups -OCH3 is 1. The van der Waals surface area contributed by atoms with Gasteiger partial charge in [-0.3, -0.25) is 4.79 Å². The summed E-state index contributed by atoms with van der Waals surface area (Å²) in [5.74, 6) is 1.17. The van der Waals surface area contributed by atoms with Gasteiger partial charge in [0.05, 0.1) is 25.9 Å². The van der Waals surface area contributed by atoms with Crippen molar-refractivity contribution in [1.29, 1.82) is 0 Å². The number of rotatable bonds is 4. The fraction of sp³-hybridized carbons (Fsp3) is 0.615. The molecule has 0 aliphatic carbocycles. The van der Waals surface area contributed by atoms with Crippen LogP contribution in [0.2, 0.25) is 0 Å². The molecule has 7 heteroatoms. The van der Waals surface area contributed by atoms with Gasteiger partial charge in [-0.05, 0) is 13.8 Å². The molecule has 1 aliphatic heterocycles. The molecule has 1 amide bonds. The number of nitrogens with zero attached hydrogens (tertiary/aromatic N) is 3. The molecule has 0 saturated carbocycles. The largest absolute Gasteiger partial charge is 0.481 e. The van der Waals surface area contributed by atoms with Gasteiger partial charge >= 0.3 is 0 Å². The molecule has 1 saturated heterocycles. The molecule has 20 heavy (non-hydrogen) atoms. The lowest BCUT2D eigenvalue weighted by Gasteiger charge is -2.29. The Morgan fingerprint density at radius 3 is 2.80 bits per heavy atom. The highest BCUT2D eigenvalue weighted by Gasteiger charge is 2.23. The minimum atomic E-state index is -0.355. The Balaban J connectivity index is 2.03. The van der Waals surface area contributed by atoms with E-state index in [9.17, 15) is 4.79 Å². The first kappa shape index (κ1) is 14.5. The summed E-state index contributed by atoms with van der Waals surface area (Å²) in [5.41, 5.74) is 0.789. The van der Waals surface area contributed by atoms with E-state index < -0.39 is 0 Å².